The minimum atomic E-state index is -0.583. The summed E-state index contributed by atoms with van der Waals surface area (Å²) in [6.07, 6.45) is 6.86. The molecule has 2 heterocycles. The van der Waals surface area contributed by atoms with E-state index in [1.54, 1.807) is 0 Å². The van der Waals surface area contributed by atoms with E-state index in [1.165, 1.54) is 6.42 Å². The lowest BCUT2D eigenvalue weighted by Crippen LogP contribution is -2.59. The Morgan fingerprint density at radius 1 is 1.03 bits per heavy atom. The van der Waals surface area contributed by atoms with E-state index in [1.807, 2.05) is 39.5 Å². The fraction of sp³-hybridized carbons (Fsp3) is 0.880. The molecule has 0 spiro atoms. The molecule has 4 aliphatic rings. The highest BCUT2D eigenvalue weighted by molar-refractivity contribution is 5.85. The Labute approximate surface area is 186 Å². The number of fused-ring (bicyclic) bond motifs is 2. The van der Waals surface area contributed by atoms with Crippen molar-refractivity contribution < 1.29 is 23.9 Å². The average molecular weight is 434 g/mol. The number of rotatable bonds is 1. The number of ether oxygens (including phenoxy) is 2. The molecule has 1 amide bonds. The Bertz CT molecular complexity index is 728. The summed E-state index contributed by atoms with van der Waals surface area (Å²) in [5.74, 6) is 0.381. The SMILES string of the molecule is C[C@H]1OC(=O)[C@@H]([C@H]2CC(=O)[C@@H]3CC[C@H](C)N(C(=O)OC(C)(C)C)[C@@H]3C2)[C@@H]2CCCC[C@H]21. The van der Waals surface area contributed by atoms with E-state index >= 15 is 0 Å². The highest BCUT2D eigenvalue weighted by Gasteiger charge is 2.53. The van der Waals surface area contributed by atoms with Gasteiger partial charge >= 0.3 is 12.1 Å². The number of amides is 1. The van der Waals surface area contributed by atoms with E-state index in [4.69, 9.17) is 9.47 Å². The van der Waals surface area contributed by atoms with Gasteiger partial charge in [-0.05, 0) is 84.5 Å². The molecule has 174 valence electrons. The van der Waals surface area contributed by atoms with Crippen LogP contribution in [-0.4, -0.2) is 46.5 Å². The maximum Gasteiger partial charge on any atom is 0.410 e. The molecule has 6 heteroatoms. The largest absolute Gasteiger partial charge is 0.462 e. The van der Waals surface area contributed by atoms with Crippen molar-refractivity contribution in [2.24, 2.45) is 29.6 Å². The average Bonchev–Trinajstić information content (AvgIpc) is 2.66. The van der Waals surface area contributed by atoms with E-state index in [-0.39, 0.29) is 53.8 Å². The van der Waals surface area contributed by atoms with Crippen LogP contribution < -0.4 is 0 Å². The van der Waals surface area contributed by atoms with Gasteiger partial charge in [0.1, 0.15) is 17.5 Å². The summed E-state index contributed by atoms with van der Waals surface area (Å²) < 4.78 is 11.5. The zero-order valence-corrected chi connectivity index (χ0v) is 19.8. The maximum atomic E-state index is 13.2. The van der Waals surface area contributed by atoms with E-state index in [9.17, 15) is 14.4 Å². The molecule has 4 rings (SSSR count). The van der Waals surface area contributed by atoms with Crippen LogP contribution >= 0.6 is 0 Å². The molecule has 0 N–H and O–H groups in total. The molecule has 6 nitrogen and oxygen atoms in total. The van der Waals surface area contributed by atoms with Crippen molar-refractivity contribution in [3.63, 3.8) is 0 Å². The van der Waals surface area contributed by atoms with Crippen LogP contribution in [-0.2, 0) is 19.1 Å². The minimum absolute atomic E-state index is 0.0309. The van der Waals surface area contributed by atoms with Crippen LogP contribution in [0.3, 0.4) is 0 Å². The van der Waals surface area contributed by atoms with Crippen LogP contribution in [0.4, 0.5) is 4.79 Å². The lowest BCUT2D eigenvalue weighted by atomic mass is 9.60. The molecule has 8 atom stereocenters. The minimum Gasteiger partial charge on any atom is -0.462 e. The van der Waals surface area contributed by atoms with Crippen molar-refractivity contribution in [2.75, 3.05) is 0 Å². The molecule has 2 saturated carbocycles. The van der Waals surface area contributed by atoms with Crippen molar-refractivity contribution in [3.8, 4) is 0 Å². The number of cyclic esters (lactones) is 1. The van der Waals surface area contributed by atoms with Crippen LogP contribution in [0.5, 0.6) is 0 Å². The third-order valence-corrected chi connectivity index (χ3v) is 8.24. The normalized spacial score (nSPS) is 41.1. The van der Waals surface area contributed by atoms with Crippen molar-refractivity contribution in [3.05, 3.63) is 0 Å². The quantitative estimate of drug-likeness (QED) is 0.559. The second-order valence-corrected chi connectivity index (χ2v) is 11.4. The summed E-state index contributed by atoms with van der Waals surface area (Å²) in [5.41, 5.74) is -0.583. The first-order chi connectivity index (χ1) is 14.6. The zero-order valence-electron chi connectivity index (χ0n) is 19.8. The van der Waals surface area contributed by atoms with E-state index in [0.717, 1.165) is 32.1 Å². The summed E-state index contributed by atoms with van der Waals surface area (Å²) in [7, 11) is 0. The van der Waals surface area contributed by atoms with Crippen molar-refractivity contribution in [1.29, 1.82) is 0 Å². The summed E-state index contributed by atoms with van der Waals surface area (Å²) in [5, 5.41) is 0. The molecule has 2 aliphatic carbocycles. The van der Waals surface area contributed by atoms with Crippen LogP contribution in [0.2, 0.25) is 0 Å². The Kier molecular flexibility index (Phi) is 6.12. The fourth-order valence-electron chi connectivity index (χ4n) is 6.92. The third-order valence-electron chi connectivity index (χ3n) is 8.24. The number of hydrogen-bond donors (Lipinski definition) is 0. The molecular formula is C25H39NO5. The number of hydrogen-bond acceptors (Lipinski definition) is 5. The van der Waals surface area contributed by atoms with Gasteiger partial charge in [0.15, 0.2) is 0 Å². The van der Waals surface area contributed by atoms with Crippen LogP contribution in [0, 0.1) is 29.6 Å². The smallest absolute Gasteiger partial charge is 0.410 e. The molecule has 2 aliphatic heterocycles. The number of esters is 1. The number of carbonyl (C=O) groups excluding carboxylic acids is 3. The monoisotopic (exact) mass is 433 g/mol. The predicted molar refractivity (Wildman–Crippen MR) is 116 cm³/mol. The Morgan fingerprint density at radius 3 is 2.39 bits per heavy atom. The first-order valence-electron chi connectivity index (χ1n) is 12.3. The van der Waals surface area contributed by atoms with Gasteiger partial charge in [0.05, 0.1) is 5.92 Å². The van der Waals surface area contributed by atoms with Crippen LogP contribution in [0.25, 0.3) is 0 Å². The summed E-state index contributed by atoms with van der Waals surface area (Å²) in [6, 6.07) is -0.151. The van der Waals surface area contributed by atoms with Gasteiger partial charge in [-0.3, -0.25) is 9.59 Å². The summed E-state index contributed by atoms with van der Waals surface area (Å²) in [6.45, 7) is 9.67. The molecule has 4 fully saturated rings. The van der Waals surface area contributed by atoms with Gasteiger partial charge in [-0.1, -0.05) is 12.8 Å². The molecule has 0 bridgehead atoms. The van der Waals surface area contributed by atoms with Gasteiger partial charge in [-0.2, -0.15) is 0 Å². The Hall–Kier alpha value is -1.59. The topological polar surface area (TPSA) is 72.9 Å². The zero-order chi connectivity index (χ0) is 22.5. The lowest BCUT2D eigenvalue weighted by molar-refractivity contribution is -0.180. The van der Waals surface area contributed by atoms with Crippen molar-refractivity contribution in [1.82, 2.24) is 4.90 Å². The van der Waals surface area contributed by atoms with Gasteiger partial charge in [0, 0.05) is 24.4 Å². The second-order valence-electron chi connectivity index (χ2n) is 11.4. The van der Waals surface area contributed by atoms with E-state index in [2.05, 4.69) is 0 Å². The van der Waals surface area contributed by atoms with E-state index in [0.29, 0.717) is 24.7 Å². The number of likely N-dealkylation sites (tertiary alicyclic amines) is 1. The van der Waals surface area contributed by atoms with Gasteiger partial charge in [0.2, 0.25) is 0 Å². The van der Waals surface area contributed by atoms with Crippen molar-refractivity contribution in [2.45, 2.75) is 110 Å². The molecule has 0 unspecified atom stereocenters. The van der Waals surface area contributed by atoms with Crippen molar-refractivity contribution >= 4 is 17.8 Å². The Morgan fingerprint density at radius 2 is 1.71 bits per heavy atom. The van der Waals surface area contributed by atoms with Gasteiger partial charge < -0.3 is 14.4 Å². The number of piperidine rings is 1. The lowest BCUT2D eigenvalue weighted by Gasteiger charge is -2.51. The molecule has 0 radical (unpaired) electrons. The standard InChI is InChI=1S/C25H39NO5/c1-14-10-11-19-20(26(14)24(29)31-25(3,4)5)12-16(13-21(19)27)22-18-9-7-6-8-17(18)15(2)30-23(22)28/h14-20,22H,6-13H2,1-5H3/t14-,15+,16+,17-,18+,19+,20+,22-/m0/s1. The first-order valence-corrected chi connectivity index (χ1v) is 12.3. The molecule has 0 aromatic rings. The molecular weight excluding hydrogens is 394 g/mol. The maximum absolute atomic E-state index is 13.2. The second kappa shape index (κ2) is 8.40. The van der Waals surface area contributed by atoms with Gasteiger partial charge in [0.25, 0.3) is 0 Å². The summed E-state index contributed by atoms with van der Waals surface area (Å²) >= 11 is 0. The fourth-order valence-corrected chi connectivity index (χ4v) is 6.92. The van der Waals surface area contributed by atoms with Crippen LogP contribution in [0.1, 0.15) is 86.0 Å². The number of carbonyl (C=O) groups is 3. The third kappa shape index (κ3) is 4.36. The van der Waals surface area contributed by atoms with Gasteiger partial charge in [-0.15, -0.1) is 0 Å². The summed E-state index contributed by atoms with van der Waals surface area (Å²) in [4.78, 5) is 41.2. The number of nitrogens with zero attached hydrogens (tertiary/aromatic N) is 1. The highest BCUT2D eigenvalue weighted by atomic mass is 16.6. The molecule has 2 saturated heterocycles. The van der Waals surface area contributed by atoms with E-state index < -0.39 is 5.60 Å². The van der Waals surface area contributed by atoms with Gasteiger partial charge in [-0.25, -0.2) is 4.79 Å². The van der Waals surface area contributed by atoms with Crippen LogP contribution in [0.15, 0.2) is 0 Å². The molecule has 31 heavy (non-hydrogen) atoms. The predicted octanol–water partition coefficient (Wildman–Crippen LogP) is 4.74. The molecule has 0 aromatic carbocycles. The number of ketones is 1. The number of Topliss-reactive ketones (excluding diaryl/α,β-unsaturated/α-hetero) is 1. The first kappa shape index (κ1) is 22.6. The Balaban J connectivity index is 1.59. The highest BCUT2D eigenvalue weighted by Crippen LogP contribution is 2.49. The molecule has 0 aromatic heterocycles.